The van der Waals surface area contributed by atoms with Gasteiger partial charge in [-0.3, -0.25) is 0 Å². The van der Waals surface area contributed by atoms with Gasteiger partial charge in [-0.05, 0) is 51.9 Å². The first-order valence-electron chi connectivity index (χ1n) is 7.12. The lowest BCUT2D eigenvalue weighted by molar-refractivity contribution is -0.186. The summed E-state index contributed by atoms with van der Waals surface area (Å²) >= 11 is 0. The van der Waals surface area contributed by atoms with E-state index in [4.69, 9.17) is 15.2 Å². The van der Waals surface area contributed by atoms with E-state index in [9.17, 15) is 9.90 Å². The van der Waals surface area contributed by atoms with E-state index in [0.29, 0.717) is 18.6 Å². The Kier molecular flexibility index (Phi) is 5.75. The molecule has 1 atom stereocenters. The number of carbonyl (C=O) groups excluding carboxylic acids is 1. The Labute approximate surface area is 126 Å². The summed E-state index contributed by atoms with van der Waals surface area (Å²) in [6.45, 7) is 7.86. The number of ether oxygens (including phenoxy) is 2. The molecular formula is C16H25NO4. The van der Waals surface area contributed by atoms with E-state index in [1.165, 1.54) is 12.1 Å². The molecule has 0 aliphatic rings. The number of rotatable bonds is 6. The number of phenols is 1. The number of carbonyl (C=O) groups is 1. The zero-order valence-corrected chi connectivity index (χ0v) is 13.2. The van der Waals surface area contributed by atoms with Gasteiger partial charge in [-0.2, -0.15) is 0 Å². The lowest BCUT2D eigenvalue weighted by Gasteiger charge is -2.34. The molecule has 0 aliphatic carbocycles. The Bertz CT molecular complexity index is 456. The summed E-state index contributed by atoms with van der Waals surface area (Å²) in [5, 5.41) is 9.43. The Morgan fingerprint density at radius 1 is 1.24 bits per heavy atom. The van der Waals surface area contributed by atoms with Crippen LogP contribution in [0.2, 0.25) is 0 Å². The van der Waals surface area contributed by atoms with Gasteiger partial charge >= 0.3 is 5.97 Å². The summed E-state index contributed by atoms with van der Waals surface area (Å²) in [6, 6.07) is 6.35. The molecule has 0 saturated carbocycles. The standard InChI is InChI=1S/C16H25NO4/c1-5-20-16(10-11-17,14(19)21-15(2,3)4)12-6-8-13(18)9-7-12/h6-9,18H,5,10-11,17H2,1-4H3. The van der Waals surface area contributed by atoms with Gasteiger partial charge in [-0.15, -0.1) is 0 Å². The Balaban J connectivity index is 3.26. The molecule has 0 radical (unpaired) electrons. The summed E-state index contributed by atoms with van der Waals surface area (Å²) < 4.78 is 11.3. The molecule has 1 unspecified atom stereocenters. The third-order valence-electron chi connectivity index (χ3n) is 2.95. The minimum absolute atomic E-state index is 0.126. The monoisotopic (exact) mass is 295 g/mol. The predicted molar refractivity (Wildman–Crippen MR) is 80.9 cm³/mol. The highest BCUT2D eigenvalue weighted by Crippen LogP contribution is 2.33. The molecule has 5 nitrogen and oxygen atoms in total. The zero-order chi connectivity index (χ0) is 16.1. The Morgan fingerprint density at radius 2 is 1.81 bits per heavy atom. The maximum atomic E-state index is 12.7. The number of phenolic OH excluding ortho intramolecular Hbond substituents is 1. The molecular weight excluding hydrogens is 270 g/mol. The second kappa shape index (κ2) is 6.91. The molecule has 1 aromatic rings. The Hall–Kier alpha value is -1.59. The molecule has 0 fully saturated rings. The van der Waals surface area contributed by atoms with Crippen molar-refractivity contribution in [1.29, 1.82) is 0 Å². The van der Waals surface area contributed by atoms with E-state index in [1.807, 2.05) is 6.92 Å². The molecule has 21 heavy (non-hydrogen) atoms. The molecule has 0 spiro atoms. The Morgan fingerprint density at radius 3 is 2.24 bits per heavy atom. The first kappa shape index (κ1) is 17.5. The van der Waals surface area contributed by atoms with Crippen molar-refractivity contribution >= 4 is 5.97 Å². The molecule has 5 heteroatoms. The minimum atomic E-state index is -1.25. The number of hydrogen-bond donors (Lipinski definition) is 2. The molecule has 0 saturated heterocycles. The lowest BCUT2D eigenvalue weighted by atomic mass is 9.89. The van der Waals surface area contributed by atoms with Gasteiger partial charge < -0.3 is 20.3 Å². The number of nitrogens with two attached hydrogens (primary N) is 1. The molecule has 1 rings (SSSR count). The van der Waals surface area contributed by atoms with Crippen molar-refractivity contribution in [2.24, 2.45) is 5.73 Å². The largest absolute Gasteiger partial charge is 0.508 e. The molecule has 0 bridgehead atoms. The van der Waals surface area contributed by atoms with Crippen LogP contribution in [0, 0.1) is 0 Å². The van der Waals surface area contributed by atoms with Gasteiger partial charge in [0.1, 0.15) is 11.4 Å². The van der Waals surface area contributed by atoms with Crippen LogP contribution in [-0.4, -0.2) is 29.8 Å². The summed E-state index contributed by atoms with van der Waals surface area (Å²) in [6.07, 6.45) is 0.306. The van der Waals surface area contributed by atoms with E-state index in [0.717, 1.165) is 0 Å². The van der Waals surface area contributed by atoms with Crippen LogP contribution in [0.4, 0.5) is 0 Å². The van der Waals surface area contributed by atoms with Crippen molar-refractivity contribution < 1.29 is 19.4 Å². The molecule has 0 amide bonds. The fourth-order valence-corrected chi connectivity index (χ4v) is 2.12. The van der Waals surface area contributed by atoms with Crippen molar-refractivity contribution in [3.63, 3.8) is 0 Å². The molecule has 118 valence electrons. The number of hydrogen-bond acceptors (Lipinski definition) is 5. The van der Waals surface area contributed by atoms with Crippen LogP contribution in [0.15, 0.2) is 24.3 Å². The van der Waals surface area contributed by atoms with Crippen LogP contribution in [-0.2, 0) is 19.9 Å². The van der Waals surface area contributed by atoms with Gasteiger partial charge in [-0.1, -0.05) is 12.1 Å². The second-order valence-electron chi connectivity index (χ2n) is 5.85. The quantitative estimate of drug-likeness (QED) is 0.787. The van der Waals surface area contributed by atoms with Crippen molar-refractivity contribution in [2.45, 2.75) is 45.3 Å². The van der Waals surface area contributed by atoms with Gasteiger partial charge in [0, 0.05) is 13.0 Å². The molecule has 0 aliphatic heterocycles. The van der Waals surface area contributed by atoms with E-state index in [-0.39, 0.29) is 12.3 Å². The van der Waals surface area contributed by atoms with Gasteiger partial charge in [0.25, 0.3) is 0 Å². The zero-order valence-electron chi connectivity index (χ0n) is 13.2. The first-order chi connectivity index (χ1) is 9.75. The van der Waals surface area contributed by atoms with E-state index in [1.54, 1.807) is 32.9 Å². The topological polar surface area (TPSA) is 81.8 Å². The average molecular weight is 295 g/mol. The van der Waals surface area contributed by atoms with Gasteiger partial charge in [0.05, 0.1) is 0 Å². The third kappa shape index (κ3) is 4.44. The van der Waals surface area contributed by atoms with Crippen molar-refractivity contribution in [3.8, 4) is 5.75 Å². The fraction of sp³-hybridized carbons (Fsp3) is 0.562. The van der Waals surface area contributed by atoms with Crippen LogP contribution in [0.1, 0.15) is 39.7 Å². The summed E-state index contributed by atoms with van der Waals surface area (Å²) in [4.78, 5) is 12.7. The van der Waals surface area contributed by atoms with Crippen LogP contribution >= 0.6 is 0 Å². The predicted octanol–water partition coefficient (Wildman–Crippen LogP) is 2.31. The van der Waals surface area contributed by atoms with E-state index in [2.05, 4.69) is 0 Å². The van der Waals surface area contributed by atoms with Crippen molar-refractivity contribution in [2.75, 3.05) is 13.2 Å². The number of benzene rings is 1. The third-order valence-corrected chi connectivity index (χ3v) is 2.95. The van der Waals surface area contributed by atoms with Gasteiger partial charge in [-0.25, -0.2) is 4.79 Å². The SMILES string of the molecule is CCOC(CCN)(C(=O)OC(C)(C)C)c1ccc(O)cc1. The smallest absolute Gasteiger partial charge is 0.343 e. The maximum Gasteiger partial charge on any atom is 0.343 e. The summed E-state index contributed by atoms with van der Waals surface area (Å²) in [5.74, 6) is -0.339. The minimum Gasteiger partial charge on any atom is -0.508 e. The molecule has 0 heterocycles. The molecule has 1 aromatic carbocycles. The number of aromatic hydroxyl groups is 1. The van der Waals surface area contributed by atoms with Crippen molar-refractivity contribution in [3.05, 3.63) is 29.8 Å². The van der Waals surface area contributed by atoms with Crippen LogP contribution in [0.3, 0.4) is 0 Å². The highest BCUT2D eigenvalue weighted by Gasteiger charge is 2.43. The van der Waals surface area contributed by atoms with Crippen LogP contribution in [0.5, 0.6) is 5.75 Å². The fourth-order valence-electron chi connectivity index (χ4n) is 2.12. The van der Waals surface area contributed by atoms with E-state index >= 15 is 0 Å². The van der Waals surface area contributed by atoms with Gasteiger partial charge in [0.15, 0.2) is 5.60 Å². The average Bonchev–Trinajstić information content (AvgIpc) is 2.37. The lowest BCUT2D eigenvalue weighted by Crippen LogP contribution is -2.45. The highest BCUT2D eigenvalue weighted by atomic mass is 16.6. The highest BCUT2D eigenvalue weighted by molar-refractivity contribution is 5.82. The summed E-state index contributed by atoms with van der Waals surface area (Å²) in [7, 11) is 0. The van der Waals surface area contributed by atoms with Crippen LogP contribution in [0.25, 0.3) is 0 Å². The molecule has 3 N–H and O–H groups in total. The summed E-state index contributed by atoms with van der Waals surface area (Å²) in [5.41, 5.74) is 4.44. The molecule has 0 aromatic heterocycles. The maximum absolute atomic E-state index is 12.7. The number of esters is 1. The first-order valence-corrected chi connectivity index (χ1v) is 7.12. The van der Waals surface area contributed by atoms with E-state index < -0.39 is 17.2 Å². The second-order valence-corrected chi connectivity index (χ2v) is 5.85. The van der Waals surface area contributed by atoms with Crippen LogP contribution < -0.4 is 5.73 Å². The van der Waals surface area contributed by atoms with Gasteiger partial charge in [0.2, 0.25) is 0 Å². The normalized spacial score (nSPS) is 14.5. The van der Waals surface area contributed by atoms with Crippen molar-refractivity contribution in [1.82, 2.24) is 0 Å².